The maximum atomic E-state index is 12.7. The molecule has 0 unspecified atom stereocenters. The molecule has 5 heteroatoms. The van der Waals surface area contributed by atoms with E-state index in [1.807, 2.05) is 39.0 Å². The van der Waals surface area contributed by atoms with Crippen LogP contribution in [0.3, 0.4) is 0 Å². The Labute approximate surface area is 143 Å². The van der Waals surface area contributed by atoms with Crippen LogP contribution >= 0.6 is 0 Å². The maximum Gasteiger partial charge on any atom is 0.259 e. The second kappa shape index (κ2) is 8.34. The van der Waals surface area contributed by atoms with E-state index in [0.717, 1.165) is 17.7 Å². The van der Waals surface area contributed by atoms with Gasteiger partial charge >= 0.3 is 0 Å². The zero-order valence-corrected chi connectivity index (χ0v) is 14.7. The van der Waals surface area contributed by atoms with Gasteiger partial charge in [-0.1, -0.05) is 19.1 Å². The van der Waals surface area contributed by atoms with Crippen molar-refractivity contribution in [3.63, 3.8) is 0 Å². The minimum absolute atomic E-state index is 0.243. The van der Waals surface area contributed by atoms with Gasteiger partial charge in [-0.3, -0.25) is 4.79 Å². The van der Waals surface area contributed by atoms with E-state index >= 15 is 0 Å². The molecule has 1 aromatic heterocycles. The van der Waals surface area contributed by atoms with Crippen molar-refractivity contribution in [3.05, 3.63) is 47.2 Å². The summed E-state index contributed by atoms with van der Waals surface area (Å²) in [5, 5.41) is 2.91. The van der Waals surface area contributed by atoms with Crippen LogP contribution in [0.15, 0.2) is 30.3 Å². The van der Waals surface area contributed by atoms with E-state index in [1.54, 1.807) is 12.1 Å². The summed E-state index contributed by atoms with van der Waals surface area (Å²) in [5.74, 6) is 0.758. The van der Waals surface area contributed by atoms with Crippen LogP contribution in [0.2, 0.25) is 0 Å². The van der Waals surface area contributed by atoms with Gasteiger partial charge < -0.3 is 14.8 Å². The summed E-state index contributed by atoms with van der Waals surface area (Å²) in [5.41, 5.74) is 3.05. The number of nitrogens with one attached hydrogen (secondary N) is 1. The fraction of sp³-hybridized carbons (Fsp3) is 0.368. The molecule has 1 N–H and O–H groups in total. The first-order chi connectivity index (χ1) is 11.6. The Kier molecular flexibility index (Phi) is 6.18. The van der Waals surface area contributed by atoms with Crippen molar-refractivity contribution in [2.24, 2.45) is 0 Å². The van der Waals surface area contributed by atoms with Crippen molar-refractivity contribution in [2.75, 3.05) is 18.5 Å². The lowest BCUT2D eigenvalue weighted by Gasteiger charge is -2.15. The highest BCUT2D eigenvalue weighted by molar-refractivity contribution is 6.06. The van der Waals surface area contributed by atoms with E-state index in [2.05, 4.69) is 17.2 Å². The highest BCUT2D eigenvalue weighted by atomic mass is 16.5. The molecule has 0 fully saturated rings. The Bertz CT molecular complexity index is 714. The molecule has 24 heavy (non-hydrogen) atoms. The fourth-order valence-corrected chi connectivity index (χ4v) is 2.44. The molecule has 0 atom stereocenters. The molecular weight excluding hydrogens is 304 g/mol. The second-order valence-corrected chi connectivity index (χ2v) is 5.26. The number of benzene rings is 1. The van der Waals surface area contributed by atoms with Crippen LogP contribution in [0.5, 0.6) is 11.6 Å². The van der Waals surface area contributed by atoms with Gasteiger partial charge in [-0.25, -0.2) is 4.98 Å². The van der Waals surface area contributed by atoms with Gasteiger partial charge in [0.1, 0.15) is 11.4 Å². The fourth-order valence-electron chi connectivity index (χ4n) is 2.44. The number of aryl methyl sites for hydroxylation is 2. The molecule has 0 aliphatic heterocycles. The smallest absolute Gasteiger partial charge is 0.259 e. The number of carbonyl (C=O) groups is 1. The summed E-state index contributed by atoms with van der Waals surface area (Å²) in [6, 6.07) is 9.10. The topological polar surface area (TPSA) is 60.5 Å². The monoisotopic (exact) mass is 328 g/mol. The molecule has 2 aromatic rings. The Morgan fingerprint density at radius 2 is 1.83 bits per heavy atom. The van der Waals surface area contributed by atoms with E-state index in [9.17, 15) is 4.79 Å². The molecule has 0 saturated carbocycles. The molecule has 1 amide bonds. The minimum atomic E-state index is -0.243. The third kappa shape index (κ3) is 4.04. The zero-order chi connectivity index (χ0) is 17.5. The van der Waals surface area contributed by atoms with Gasteiger partial charge in [0.2, 0.25) is 5.88 Å². The zero-order valence-electron chi connectivity index (χ0n) is 14.7. The Morgan fingerprint density at radius 3 is 2.50 bits per heavy atom. The highest BCUT2D eigenvalue weighted by Gasteiger charge is 2.16. The standard InChI is InChI=1S/C19H24N2O3/c1-5-14-12-16(19(24-7-3)20-13(14)4)21-18(22)15-10-8-9-11-17(15)23-6-2/h8-12H,5-7H2,1-4H3,(H,21,22). The van der Waals surface area contributed by atoms with Crippen LogP contribution in [0.4, 0.5) is 5.69 Å². The summed E-state index contributed by atoms with van der Waals surface area (Å²) in [6.45, 7) is 8.76. The van der Waals surface area contributed by atoms with Gasteiger partial charge in [-0.2, -0.15) is 0 Å². The molecule has 128 valence electrons. The lowest BCUT2D eigenvalue weighted by molar-refractivity contribution is 0.102. The number of carbonyl (C=O) groups excluding carboxylic acids is 1. The third-order valence-electron chi connectivity index (χ3n) is 3.62. The van der Waals surface area contributed by atoms with Crippen molar-refractivity contribution in [2.45, 2.75) is 34.1 Å². The van der Waals surface area contributed by atoms with Crippen LogP contribution in [0, 0.1) is 6.92 Å². The van der Waals surface area contributed by atoms with Gasteiger partial charge in [0.15, 0.2) is 0 Å². The SMILES string of the molecule is CCOc1ccccc1C(=O)Nc1cc(CC)c(C)nc1OCC. The van der Waals surface area contributed by atoms with Gasteiger partial charge in [0.25, 0.3) is 5.91 Å². The van der Waals surface area contributed by atoms with E-state index in [-0.39, 0.29) is 5.91 Å². The number of ether oxygens (including phenoxy) is 2. The molecule has 0 radical (unpaired) electrons. The van der Waals surface area contributed by atoms with E-state index < -0.39 is 0 Å². The van der Waals surface area contributed by atoms with Crippen molar-refractivity contribution in [1.29, 1.82) is 0 Å². The molecular formula is C19H24N2O3. The predicted octanol–water partition coefficient (Wildman–Crippen LogP) is 4.00. The van der Waals surface area contributed by atoms with Crippen molar-refractivity contribution in [3.8, 4) is 11.6 Å². The summed E-state index contributed by atoms with van der Waals surface area (Å²) in [6.07, 6.45) is 0.837. The lowest BCUT2D eigenvalue weighted by Crippen LogP contribution is -2.15. The van der Waals surface area contributed by atoms with Crippen molar-refractivity contribution >= 4 is 11.6 Å². The van der Waals surface area contributed by atoms with E-state index in [1.165, 1.54) is 0 Å². The predicted molar refractivity (Wildman–Crippen MR) is 95.1 cm³/mol. The molecule has 2 rings (SSSR count). The van der Waals surface area contributed by atoms with E-state index in [0.29, 0.717) is 36.1 Å². The molecule has 0 aliphatic rings. The number of nitrogens with zero attached hydrogens (tertiary/aromatic N) is 1. The number of hydrogen-bond acceptors (Lipinski definition) is 4. The number of amides is 1. The number of anilines is 1. The highest BCUT2D eigenvalue weighted by Crippen LogP contribution is 2.27. The molecule has 1 aromatic carbocycles. The minimum Gasteiger partial charge on any atom is -0.493 e. The normalized spacial score (nSPS) is 10.3. The average Bonchev–Trinajstić information content (AvgIpc) is 2.58. The van der Waals surface area contributed by atoms with E-state index in [4.69, 9.17) is 9.47 Å². The van der Waals surface area contributed by atoms with Gasteiger partial charge in [0, 0.05) is 5.69 Å². The molecule has 0 saturated heterocycles. The van der Waals surface area contributed by atoms with Crippen LogP contribution in [0.1, 0.15) is 42.4 Å². The molecule has 0 bridgehead atoms. The summed E-state index contributed by atoms with van der Waals surface area (Å²) in [7, 11) is 0. The number of pyridine rings is 1. The van der Waals surface area contributed by atoms with Gasteiger partial charge in [0.05, 0.1) is 18.8 Å². The third-order valence-corrected chi connectivity index (χ3v) is 3.62. The lowest BCUT2D eigenvalue weighted by atomic mass is 10.1. The maximum absolute atomic E-state index is 12.7. The molecule has 1 heterocycles. The largest absolute Gasteiger partial charge is 0.493 e. The Balaban J connectivity index is 2.34. The van der Waals surface area contributed by atoms with Gasteiger partial charge in [-0.05, 0) is 51.0 Å². The quantitative estimate of drug-likeness (QED) is 0.834. The van der Waals surface area contributed by atoms with Gasteiger partial charge in [-0.15, -0.1) is 0 Å². The van der Waals surface area contributed by atoms with Crippen LogP contribution < -0.4 is 14.8 Å². The van der Waals surface area contributed by atoms with Crippen LogP contribution in [-0.4, -0.2) is 24.1 Å². The second-order valence-electron chi connectivity index (χ2n) is 5.26. The summed E-state index contributed by atoms with van der Waals surface area (Å²) in [4.78, 5) is 17.1. The number of rotatable bonds is 7. The Hall–Kier alpha value is -2.56. The number of hydrogen-bond donors (Lipinski definition) is 1. The van der Waals surface area contributed by atoms with Crippen LogP contribution in [-0.2, 0) is 6.42 Å². The van der Waals surface area contributed by atoms with Crippen molar-refractivity contribution in [1.82, 2.24) is 4.98 Å². The number of aromatic nitrogens is 1. The first-order valence-corrected chi connectivity index (χ1v) is 8.27. The summed E-state index contributed by atoms with van der Waals surface area (Å²) >= 11 is 0. The first-order valence-electron chi connectivity index (χ1n) is 8.27. The molecule has 0 aliphatic carbocycles. The Morgan fingerprint density at radius 1 is 1.12 bits per heavy atom. The number of para-hydroxylation sites is 1. The first kappa shape index (κ1) is 17.8. The van der Waals surface area contributed by atoms with Crippen LogP contribution in [0.25, 0.3) is 0 Å². The average molecular weight is 328 g/mol. The van der Waals surface area contributed by atoms with Crippen molar-refractivity contribution < 1.29 is 14.3 Å². The molecule has 5 nitrogen and oxygen atoms in total. The molecule has 0 spiro atoms. The summed E-state index contributed by atoms with van der Waals surface area (Å²) < 4.78 is 11.1.